The van der Waals surface area contributed by atoms with Crippen LogP contribution in [0.25, 0.3) is 0 Å². The fourth-order valence-electron chi connectivity index (χ4n) is 2.20. The number of aliphatic hydroxyl groups excluding tert-OH is 1. The first-order valence-corrected chi connectivity index (χ1v) is 6.23. The van der Waals surface area contributed by atoms with E-state index in [2.05, 4.69) is 0 Å². The van der Waals surface area contributed by atoms with Crippen molar-refractivity contribution in [2.24, 2.45) is 0 Å². The first kappa shape index (κ1) is 14.3. The maximum Gasteiger partial charge on any atom is 0.166 e. The minimum Gasteiger partial charge on any atom is -0.493 e. The van der Waals surface area contributed by atoms with E-state index >= 15 is 0 Å². The summed E-state index contributed by atoms with van der Waals surface area (Å²) >= 11 is 0. The number of aryl methyl sites for hydroxylation is 1. The van der Waals surface area contributed by atoms with Crippen molar-refractivity contribution in [3.8, 4) is 11.5 Å². The topological polar surface area (TPSA) is 38.7 Å². The minimum absolute atomic E-state index is 0.383. The monoisotopic (exact) mass is 276 g/mol. The van der Waals surface area contributed by atoms with E-state index in [0.29, 0.717) is 22.6 Å². The number of methoxy groups -OCH3 is 2. The summed E-state index contributed by atoms with van der Waals surface area (Å²) in [4.78, 5) is 0. The zero-order chi connectivity index (χ0) is 14.7. The van der Waals surface area contributed by atoms with Crippen LogP contribution < -0.4 is 9.47 Å². The third-order valence-corrected chi connectivity index (χ3v) is 3.26. The highest BCUT2D eigenvalue weighted by Crippen LogP contribution is 2.37. The number of halogens is 1. The second kappa shape index (κ2) is 5.92. The van der Waals surface area contributed by atoms with Gasteiger partial charge < -0.3 is 14.6 Å². The molecule has 0 aliphatic heterocycles. The Morgan fingerprint density at radius 3 is 2.45 bits per heavy atom. The third-order valence-electron chi connectivity index (χ3n) is 3.26. The van der Waals surface area contributed by atoms with Gasteiger partial charge in [0.25, 0.3) is 0 Å². The molecule has 0 saturated carbocycles. The van der Waals surface area contributed by atoms with Crippen molar-refractivity contribution in [3.63, 3.8) is 0 Å². The SMILES string of the molecule is COc1cccc(C(O)c2cc(F)ccc2C)c1OC. The largest absolute Gasteiger partial charge is 0.493 e. The lowest BCUT2D eigenvalue weighted by Crippen LogP contribution is -2.05. The summed E-state index contributed by atoms with van der Waals surface area (Å²) in [5.74, 6) is 0.593. The summed E-state index contributed by atoms with van der Waals surface area (Å²) in [7, 11) is 3.04. The lowest BCUT2D eigenvalue weighted by Gasteiger charge is -2.18. The van der Waals surface area contributed by atoms with Crippen molar-refractivity contribution < 1.29 is 19.0 Å². The van der Waals surface area contributed by atoms with Crippen molar-refractivity contribution in [1.82, 2.24) is 0 Å². The van der Waals surface area contributed by atoms with Crippen LogP contribution in [0.1, 0.15) is 22.8 Å². The van der Waals surface area contributed by atoms with Crippen LogP contribution in [0.2, 0.25) is 0 Å². The summed E-state index contributed by atoms with van der Waals surface area (Å²) in [5, 5.41) is 10.5. The summed E-state index contributed by atoms with van der Waals surface area (Å²) in [6.45, 7) is 1.82. The predicted octanol–water partition coefficient (Wildman–Crippen LogP) is 3.23. The summed E-state index contributed by atoms with van der Waals surface area (Å²) < 4.78 is 23.9. The molecular formula is C16H17FO3. The van der Waals surface area contributed by atoms with E-state index in [1.54, 1.807) is 24.3 Å². The molecule has 0 heterocycles. The Hall–Kier alpha value is -2.07. The van der Waals surface area contributed by atoms with Crippen molar-refractivity contribution in [3.05, 3.63) is 58.9 Å². The average molecular weight is 276 g/mol. The normalized spacial score (nSPS) is 12.1. The molecule has 0 radical (unpaired) electrons. The van der Waals surface area contributed by atoms with Crippen molar-refractivity contribution in [2.75, 3.05) is 14.2 Å². The summed E-state index contributed by atoms with van der Waals surface area (Å²) in [5.41, 5.74) is 1.86. The number of aliphatic hydroxyl groups is 1. The molecule has 0 fully saturated rings. The number of hydrogen-bond acceptors (Lipinski definition) is 3. The highest BCUT2D eigenvalue weighted by atomic mass is 19.1. The lowest BCUT2D eigenvalue weighted by molar-refractivity contribution is 0.212. The van der Waals surface area contributed by atoms with Crippen LogP contribution >= 0.6 is 0 Å². The maximum absolute atomic E-state index is 13.4. The summed E-state index contributed by atoms with van der Waals surface area (Å²) in [6, 6.07) is 9.58. The molecule has 1 atom stereocenters. The molecule has 2 aromatic rings. The van der Waals surface area contributed by atoms with Crippen LogP contribution in [0.4, 0.5) is 4.39 Å². The maximum atomic E-state index is 13.4. The second-order valence-corrected chi connectivity index (χ2v) is 4.49. The number of rotatable bonds is 4. The van der Waals surface area contributed by atoms with Crippen LogP contribution in [-0.4, -0.2) is 19.3 Å². The van der Waals surface area contributed by atoms with Gasteiger partial charge in [-0.15, -0.1) is 0 Å². The molecule has 2 aromatic carbocycles. The van der Waals surface area contributed by atoms with Crippen LogP contribution in [-0.2, 0) is 0 Å². The van der Waals surface area contributed by atoms with Gasteiger partial charge in [0.15, 0.2) is 11.5 Å². The van der Waals surface area contributed by atoms with Gasteiger partial charge in [0, 0.05) is 5.56 Å². The van der Waals surface area contributed by atoms with Crippen LogP contribution in [0.15, 0.2) is 36.4 Å². The first-order valence-electron chi connectivity index (χ1n) is 6.23. The van der Waals surface area contributed by atoms with Gasteiger partial charge in [0.1, 0.15) is 11.9 Å². The molecule has 4 heteroatoms. The molecule has 0 aliphatic carbocycles. The van der Waals surface area contributed by atoms with E-state index in [4.69, 9.17) is 9.47 Å². The molecule has 106 valence electrons. The van der Waals surface area contributed by atoms with Gasteiger partial charge in [0.05, 0.1) is 14.2 Å². The van der Waals surface area contributed by atoms with Gasteiger partial charge in [-0.25, -0.2) is 4.39 Å². The van der Waals surface area contributed by atoms with E-state index in [9.17, 15) is 9.50 Å². The Kier molecular flexibility index (Phi) is 4.25. The molecular weight excluding hydrogens is 259 g/mol. The number of para-hydroxylation sites is 1. The Bertz CT molecular complexity index is 611. The standard InChI is InChI=1S/C16H17FO3/c1-10-7-8-11(17)9-13(10)15(18)12-5-4-6-14(19-2)16(12)20-3/h4-9,15,18H,1-3H3. The van der Waals surface area contributed by atoms with Gasteiger partial charge in [-0.2, -0.15) is 0 Å². The fourth-order valence-corrected chi connectivity index (χ4v) is 2.20. The minimum atomic E-state index is -0.976. The lowest BCUT2D eigenvalue weighted by atomic mass is 9.96. The van der Waals surface area contributed by atoms with Gasteiger partial charge in [0.2, 0.25) is 0 Å². The Balaban J connectivity index is 2.53. The zero-order valence-corrected chi connectivity index (χ0v) is 11.7. The molecule has 0 aliphatic rings. The number of ether oxygens (including phenoxy) is 2. The Morgan fingerprint density at radius 1 is 1.05 bits per heavy atom. The highest BCUT2D eigenvalue weighted by Gasteiger charge is 2.20. The van der Waals surface area contributed by atoms with Crippen LogP contribution in [0.5, 0.6) is 11.5 Å². The van der Waals surface area contributed by atoms with Gasteiger partial charge >= 0.3 is 0 Å². The van der Waals surface area contributed by atoms with Crippen LogP contribution in [0.3, 0.4) is 0 Å². The average Bonchev–Trinajstić information content (AvgIpc) is 2.48. The van der Waals surface area contributed by atoms with Crippen molar-refractivity contribution in [2.45, 2.75) is 13.0 Å². The highest BCUT2D eigenvalue weighted by molar-refractivity contribution is 5.50. The van der Waals surface area contributed by atoms with Crippen molar-refractivity contribution in [1.29, 1.82) is 0 Å². The fraction of sp³-hybridized carbons (Fsp3) is 0.250. The first-order chi connectivity index (χ1) is 9.58. The van der Waals surface area contributed by atoms with Gasteiger partial charge in [-0.1, -0.05) is 18.2 Å². The number of benzene rings is 2. The van der Waals surface area contributed by atoms with Gasteiger partial charge in [-0.3, -0.25) is 0 Å². The van der Waals surface area contributed by atoms with Gasteiger partial charge in [-0.05, 0) is 36.2 Å². The Morgan fingerprint density at radius 2 is 1.80 bits per heavy atom. The van der Waals surface area contributed by atoms with E-state index in [0.717, 1.165) is 5.56 Å². The zero-order valence-electron chi connectivity index (χ0n) is 11.7. The molecule has 1 unspecified atom stereocenters. The predicted molar refractivity (Wildman–Crippen MR) is 74.7 cm³/mol. The molecule has 0 aromatic heterocycles. The summed E-state index contributed by atoms with van der Waals surface area (Å²) in [6.07, 6.45) is -0.976. The second-order valence-electron chi connectivity index (χ2n) is 4.49. The molecule has 20 heavy (non-hydrogen) atoms. The molecule has 0 amide bonds. The van der Waals surface area contributed by atoms with E-state index in [-0.39, 0.29) is 5.82 Å². The van der Waals surface area contributed by atoms with E-state index < -0.39 is 6.10 Å². The Labute approximate surface area is 117 Å². The molecule has 0 bridgehead atoms. The third kappa shape index (κ3) is 2.60. The smallest absolute Gasteiger partial charge is 0.166 e. The molecule has 3 nitrogen and oxygen atoms in total. The molecule has 0 saturated heterocycles. The van der Waals surface area contributed by atoms with E-state index in [1.165, 1.54) is 26.4 Å². The quantitative estimate of drug-likeness (QED) is 0.931. The number of hydrogen-bond donors (Lipinski definition) is 1. The van der Waals surface area contributed by atoms with Crippen LogP contribution in [0, 0.1) is 12.7 Å². The van der Waals surface area contributed by atoms with Crippen molar-refractivity contribution >= 4 is 0 Å². The molecule has 2 rings (SSSR count). The molecule has 1 N–H and O–H groups in total. The van der Waals surface area contributed by atoms with E-state index in [1.807, 2.05) is 6.92 Å². The molecule has 0 spiro atoms.